The summed E-state index contributed by atoms with van der Waals surface area (Å²) in [5.74, 6) is 0. The second-order valence-corrected chi connectivity index (χ2v) is 4.17. The second-order valence-electron chi connectivity index (χ2n) is 4.17. The summed E-state index contributed by atoms with van der Waals surface area (Å²) in [6.45, 7) is 2.83. The second kappa shape index (κ2) is 4.78. The van der Waals surface area contributed by atoms with E-state index >= 15 is 0 Å². The van der Waals surface area contributed by atoms with Crippen molar-refractivity contribution in [3.8, 4) is 0 Å². The van der Waals surface area contributed by atoms with E-state index in [0.717, 1.165) is 29.2 Å². The lowest BCUT2D eigenvalue weighted by Gasteiger charge is -2.10. The van der Waals surface area contributed by atoms with E-state index in [9.17, 15) is 0 Å². The molecule has 2 rings (SSSR count). The molecule has 2 aromatic rings. The lowest BCUT2D eigenvalue weighted by Crippen LogP contribution is -2.01. The van der Waals surface area contributed by atoms with Crippen LogP contribution >= 0.6 is 0 Å². The Morgan fingerprint density at radius 2 is 1.59 bits per heavy atom. The molecule has 0 unspecified atom stereocenters. The first-order valence-electron chi connectivity index (χ1n) is 5.59. The van der Waals surface area contributed by atoms with Crippen LogP contribution in [-0.4, -0.2) is 0 Å². The predicted octanol–water partition coefficient (Wildman–Crippen LogP) is 2.77. The van der Waals surface area contributed by atoms with Gasteiger partial charge in [0, 0.05) is 23.6 Å². The SMILES string of the molecule is Cc1cc(N)ccc1NCc1ccc(N)cc1. The molecule has 0 fully saturated rings. The van der Waals surface area contributed by atoms with Crippen molar-refractivity contribution in [1.29, 1.82) is 0 Å². The predicted molar refractivity (Wildman–Crippen MR) is 73.8 cm³/mol. The highest BCUT2D eigenvalue weighted by molar-refractivity contribution is 5.57. The van der Waals surface area contributed by atoms with Crippen LogP contribution < -0.4 is 16.8 Å². The first-order chi connectivity index (χ1) is 8.15. The lowest BCUT2D eigenvalue weighted by atomic mass is 10.1. The van der Waals surface area contributed by atoms with E-state index in [1.165, 1.54) is 5.56 Å². The van der Waals surface area contributed by atoms with Crippen LogP contribution in [-0.2, 0) is 6.54 Å². The van der Waals surface area contributed by atoms with E-state index in [2.05, 4.69) is 5.32 Å². The highest BCUT2D eigenvalue weighted by Gasteiger charge is 1.98. The van der Waals surface area contributed by atoms with E-state index < -0.39 is 0 Å². The first-order valence-corrected chi connectivity index (χ1v) is 5.59. The van der Waals surface area contributed by atoms with Crippen molar-refractivity contribution in [3.05, 3.63) is 53.6 Å². The Kier molecular flexibility index (Phi) is 3.19. The van der Waals surface area contributed by atoms with Gasteiger partial charge in [-0.3, -0.25) is 0 Å². The number of nitrogens with two attached hydrogens (primary N) is 2. The van der Waals surface area contributed by atoms with E-state index in [4.69, 9.17) is 11.5 Å². The van der Waals surface area contributed by atoms with Crippen LogP contribution in [0.1, 0.15) is 11.1 Å². The van der Waals surface area contributed by atoms with Crippen molar-refractivity contribution in [2.24, 2.45) is 0 Å². The van der Waals surface area contributed by atoms with Gasteiger partial charge in [0.1, 0.15) is 0 Å². The van der Waals surface area contributed by atoms with Crippen molar-refractivity contribution < 1.29 is 0 Å². The number of nitrogen functional groups attached to an aromatic ring is 2. The molecule has 0 atom stereocenters. The number of benzene rings is 2. The van der Waals surface area contributed by atoms with Crippen LogP contribution in [0.3, 0.4) is 0 Å². The molecule has 5 N–H and O–H groups in total. The summed E-state index contributed by atoms with van der Waals surface area (Å²) < 4.78 is 0. The molecule has 0 aliphatic heterocycles. The smallest absolute Gasteiger partial charge is 0.0400 e. The van der Waals surface area contributed by atoms with Crippen molar-refractivity contribution in [2.75, 3.05) is 16.8 Å². The summed E-state index contributed by atoms with van der Waals surface area (Å²) in [6.07, 6.45) is 0. The van der Waals surface area contributed by atoms with Gasteiger partial charge in [-0.1, -0.05) is 12.1 Å². The topological polar surface area (TPSA) is 64.1 Å². The third-order valence-electron chi connectivity index (χ3n) is 2.71. The number of aryl methyl sites for hydroxylation is 1. The maximum Gasteiger partial charge on any atom is 0.0400 e. The number of hydrogen-bond donors (Lipinski definition) is 3. The molecule has 3 nitrogen and oxygen atoms in total. The Balaban J connectivity index is 2.04. The van der Waals surface area contributed by atoms with Crippen LogP contribution in [0.2, 0.25) is 0 Å². The fraction of sp³-hybridized carbons (Fsp3) is 0.143. The fourth-order valence-electron chi connectivity index (χ4n) is 1.72. The van der Waals surface area contributed by atoms with E-state index in [1.807, 2.05) is 49.4 Å². The van der Waals surface area contributed by atoms with Gasteiger partial charge in [-0.05, 0) is 48.4 Å². The molecule has 17 heavy (non-hydrogen) atoms. The average molecular weight is 227 g/mol. The highest BCUT2D eigenvalue weighted by Crippen LogP contribution is 2.18. The molecule has 0 aliphatic carbocycles. The summed E-state index contributed by atoms with van der Waals surface area (Å²) in [5, 5.41) is 3.38. The minimum absolute atomic E-state index is 0.783. The zero-order valence-corrected chi connectivity index (χ0v) is 9.90. The van der Waals surface area contributed by atoms with Crippen LogP contribution in [0.25, 0.3) is 0 Å². The van der Waals surface area contributed by atoms with Crippen molar-refractivity contribution >= 4 is 17.1 Å². The molecule has 88 valence electrons. The maximum atomic E-state index is 5.71. The molecule has 0 saturated heterocycles. The Hall–Kier alpha value is -2.16. The van der Waals surface area contributed by atoms with Gasteiger partial charge in [0.15, 0.2) is 0 Å². The average Bonchev–Trinajstić information content (AvgIpc) is 2.30. The molecule has 0 spiro atoms. The van der Waals surface area contributed by atoms with Gasteiger partial charge in [-0.15, -0.1) is 0 Å². The molecular weight excluding hydrogens is 210 g/mol. The van der Waals surface area contributed by atoms with Gasteiger partial charge in [-0.2, -0.15) is 0 Å². The van der Waals surface area contributed by atoms with Crippen LogP contribution in [0, 0.1) is 6.92 Å². The third kappa shape index (κ3) is 2.91. The highest BCUT2D eigenvalue weighted by atomic mass is 14.9. The summed E-state index contributed by atoms with van der Waals surface area (Å²) in [6, 6.07) is 13.7. The number of rotatable bonds is 3. The number of anilines is 3. The van der Waals surface area contributed by atoms with Crippen LogP contribution in [0.15, 0.2) is 42.5 Å². The van der Waals surface area contributed by atoms with Gasteiger partial charge in [-0.25, -0.2) is 0 Å². The van der Waals surface area contributed by atoms with E-state index in [-0.39, 0.29) is 0 Å². The lowest BCUT2D eigenvalue weighted by molar-refractivity contribution is 1.14. The molecule has 2 aromatic carbocycles. The summed E-state index contributed by atoms with van der Waals surface area (Å²) in [7, 11) is 0. The Bertz CT molecular complexity index is 503. The van der Waals surface area contributed by atoms with Gasteiger partial charge in [0.05, 0.1) is 0 Å². The van der Waals surface area contributed by atoms with Crippen LogP contribution in [0.5, 0.6) is 0 Å². The summed E-state index contributed by atoms with van der Waals surface area (Å²) >= 11 is 0. The van der Waals surface area contributed by atoms with Gasteiger partial charge >= 0.3 is 0 Å². The Labute approximate surface area is 101 Å². The Morgan fingerprint density at radius 3 is 2.24 bits per heavy atom. The molecular formula is C14H17N3. The largest absolute Gasteiger partial charge is 0.399 e. The van der Waals surface area contributed by atoms with Crippen LogP contribution in [0.4, 0.5) is 17.1 Å². The minimum Gasteiger partial charge on any atom is -0.399 e. The van der Waals surface area contributed by atoms with Gasteiger partial charge < -0.3 is 16.8 Å². The van der Waals surface area contributed by atoms with Crippen molar-refractivity contribution in [1.82, 2.24) is 0 Å². The molecule has 0 aliphatic rings. The molecule has 0 aromatic heterocycles. The monoisotopic (exact) mass is 227 g/mol. The van der Waals surface area contributed by atoms with E-state index in [0.29, 0.717) is 0 Å². The number of hydrogen-bond acceptors (Lipinski definition) is 3. The fourth-order valence-corrected chi connectivity index (χ4v) is 1.72. The molecule has 0 radical (unpaired) electrons. The zero-order valence-electron chi connectivity index (χ0n) is 9.90. The summed E-state index contributed by atoms with van der Waals surface area (Å²) in [4.78, 5) is 0. The molecule has 0 saturated carbocycles. The molecule has 0 bridgehead atoms. The molecule has 0 amide bonds. The third-order valence-corrected chi connectivity index (χ3v) is 2.71. The first kappa shape index (κ1) is 11.3. The van der Waals surface area contributed by atoms with E-state index in [1.54, 1.807) is 0 Å². The van der Waals surface area contributed by atoms with Crippen molar-refractivity contribution in [2.45, 2.75) is 13.5 Å². The maximum absolute atomic E-state index is 5.71. The summed E-state index contributed by atoms with van der Waals surface area (Å²) in [5.41, 5.74) is 16.4. The van der Waals surface area contributed by atoms with Gasteiger partial charge in [0.2, 0.25) is 0 Å². The Morgan fingerprint density at radius 1 is 0.941 bits per heavy atom. The van der Waals surface area contributed by atoms with Crippen molar-refractivity contribution in [3.63, 3.8) is 0 Å². The molecule has 3 heteroatoms. The minimum atomic E-state index is 0.783. The zero-order chi connectivity index (χ0) is 12.3. The standard InChI is InChI=1S/C14H17N3/c1-10-8-13(16)6-7-14(10)17-9-11-2-4-12(15)5-3-11/h2-8,17H,9,15-16H2,1H3. The van der Waals surface area contributed by atoms with Gasteiger partial charge in [0.25, 0.3) is 0 Å². The number of nitrogens with one attached hydrogen (secondary N) is 1. The molecule has 0 heterocycles. The normalized spacial score (nSPS) is 10.2. The quantitative estimate of drug-likeness (QED) is 0.706.